The minimum atomic E-state index is -0.280. The van der Waals surface area contributed by atoms with E-state index in [1.54, 1.807) is 61.5 Å². The number of rotatable bonds is 5. The van der Waals surface area contributed by atoms with Gasteiger partial charge in [-0.15, -0.1) is 0 Å². The van der Waals surface area contributed by atoms with E-state index in [-0.39, 0.29) is 17.4 Å². The van der Waals surface area contributed by atoms with Crippen molar-refractivity contribution in [1.82, 2.24) is 14.9 Å². The molecule has 0 spiro atoms. The number of hydrogen-bond acceptors (Lipinski definition) is 4. The second kappa shape index (κ2) is 8.35. The predicted molar refractivity (Wildman–Crippen MR) is 127 cm³/mol. The van der Waals surface area contributed by atoms with Crippen molar-refractivity contribution in [3.63, 3.8) is 0 Å². The Morgan fingerprint density at radius 2 is 1.52 bits per heavy atom. The highest BCUT2D eigenvalue weighted by atomic mass is 16.2. The predicted octanol–water partition coefficient (Wildman–Crippen LogP) is 3.84. The number of benzene rings is 3. The molecule has 1 aliphatic rings. The van der Waals surface area contributed by atoms with Gasteiger partial charge in [0.1, 0.15) is 5.82 Å². The van der Waals surface area contributed by atoms with E-state index in [1.807, 2.05) is 18.2 Å². The Bertz CT molecular complexity index is 1420. The summed E-state index contributed by atoms with van der Waals surface area (Å²) in [5, 5.41) is 6.31. The average molecular weight is 438 g/mol. The van der Waals surface area contributed by atoms with E-state index < -0.39 is 0 Å². The van der Waals surface area contributed by atoms with Gasteiger partial charge < -0.3 is 10.6 Å². The van der Waals surface area contributed by atoms with Crippen molar-refractivity contribution in [2.24, 2.45) is 0 Å². The number of nitrogens with zero attached hydrogens (tertiary/aromatic N) is 2. The molecule has 164 valence electrons. The number of anilines is 1. The summed E-state index contributed by atoms with van der Waals surface area (Å²) in [6, 6.07) is 21.1. The van der Waals surface area contributed by atoms with Gasteiger partial charge in [0.05, 0.1) is 16.6 Å². The van der Waals surface area contributed by atoms with Crippen LogP contribution >= 0.6 is 0 Å². The number of carbonyl (C=O) groups is 2. The van der Waals surface area contributed by atoms with E-state index in [0.717, 1.165) is 12.8 Å². The molecule has 7 nitrogen and oxygen atoms in total. The zero-order valence-electron chi connectivity index (χ0n) is 18.0. The summed E-state index contributed by atoms with van der Waals surface area (Å²) in [7, 11) is 0. The highest BCUT2D eigenvalue weighted by Crippen LogP contribution is 2.20. The third-order valence-electron chi connectivity index (χ3n) is 5.65. The maximum Gasteiger partial charge on any atom is 0.265 e. The van der Waals surface area contributed by atoms with Gasteiger partial charge in [0.2, 0.25) is 0 Å². The first kappa shape index (κ1) is 20.6. The van der Waals surface area contributed by atoms with Crippen molar-refractivity contribution in [1.29, 1.82) is 0 Å². The highest BCUT2D eigenvalue weighted by Gasteiger charge is 2.23. The van der Waals surface area contributed by atoms with Crippen LogP contribution in [0.15, 0.2) is 77.6 Å². The van der Waals surface area contributed by atoms with E-state index >= 15 is 0 Å². The van der Waals surface area contributed by atoms with Crippen molar-refractivity contribution in [2.75, 3.05) is 5.32 Å². The fourth-order valence-corrected chi connectivity index (χ4v) is 3.71. The fourth-order valence-electron chi connectivity index (χ4n) is 3.71. The van der Waals surface area contributed by atoms with Gasteiger partial charge in [-0.3, -0.25) is 19.0 Å². The molecular weight excluding hydrogens is 416 g/mol. The number of fused-ring (bicyclic) bond motifs is 1. The van der Waals surface area contributed by atoms with Gasteiger partial charge in [-0.25, -0.2) is 4.98 Å². The Labute approximate surface area is 190 Å². The zero-order chi connectivity index (χ0) is 22.9. The lowest BCUT2D eigenvalue weighted by molar-refractivity contribution is 0.0950. The molecule has 0 unspecified atom stereocenters. The first-order valence-electron chi connectivity index (χ1n) is 10.8. The van der Waals surface area contributed by atoms with Crippen LogP contribution in [0.3, 0.4) is 0 Å². The normalized spacial score (nSPS) is 13.0. The minimum Gasteiger partial charge on any atom is -0.349 e. The van der Waals surface area contributed by atoms with Gasteiger partial charge in [0.15, 0.2) is 0 Å². The smallest absolute Gasteiger partial charge is 0.265 e. The average Bonchev–Trinajstić information content (AvgIpc) is 3.64. The second-order valence-corrected chi connectivity index (χ2v) is 8.14. The highest BCUT2D eigenvalue weighted by molar-refractivity contribution is 6.04. The lowest BCUT2D eigenvalue weighted by Gasteiger charge is -2.12. The molecule has 2 N–H and O–H groups in total. The van der Waals surface area contributed by atoms with Crippen LogP contribution in [0.25, 0.3) is 16.6 Å². The molecule has 7 heteroatoms. The Morgan fingerprint density at radius 1 is 0.879 bits per heavy atom. The zero-order valence-corrected chi connectivity index (χ0v) is 18.0. The molecule has 1 heterocycles. The number of nitrogens with one attached hydrogen (secondary N) is 2. The summed E-state index contributed by atoms with van der Waals surface area (Å²) >= 11 is 0. The van der Waals surface area contributed by atoms with Crippen LogP contribution < -0.4 is 16.2 Å². The molecule has 0 bridgehead atoms. The number of carbonyl (C=O) groups excluding carboxylic acids is 2. The van der Waals surface area contributed by atoms with Crippen molar-refractivity contribution in [3.05, 3.63) is 100 Å². The SMILES string of the molecule is Cc1nc2ccccc2c(=O)n1-c1ccc(C(=O)Nc2ccc(C(=O)NC3CC3)cc2)cc1. The van der Waals surface area contributed by atoms with Gasteiger partial charge in [-0.2, -0.15) is 0 Å². The molecule has 4 aromatic rings. The molecule has 0 aliphatic heterocycles. The van der Waals surface area contributed by atoms with E-state index in [2.05, 4.69) is 15.6 Å². The maximum absolute atomic E-state index is 13.0. The van der Waals surface area contributed by atoms with Crippen molar-refractivity contribution >= 4 is 28.4 Å². The third-order valence-corrected chi connectivity index (χ3v) is 5.65. The molecule has 0 saturated heterocycles. The third kappa shape index (κ3) is 4.25. The molecule has 3 aromatic carbocycles. The number of para-hydroxylation sites is 1. The summed E-state index contributed by atoms with van der Waals surface area (Å²) in [4.78, 5) is 42.2. The Kier molecular flexibility index (Phi) is 5.22. The van der Waals surface area contributed by atoms with Crippen LogP contribution in [0.5, 0.6) is 0 Å². The monoisotopic (exact) mass is 438 g/mol. The maximum atomic E-state index is 13.0. The summed E-state index contributed by atoms with van der Waals surface area (Å²) in [6.45, 7) is 1.78. The number of amides is 2. The van der Waals surface area contributed by atoms with Gasteiger partial charge in [-0.05, 0) is 80.4 Å². The number of aryl methyl sites for hydroxylation is 1. The van der Waals surface area contributed by atoms with Gasteiger partial charge in [0.25, 0.3) is 17.4 Å². The molecule has 2 amide bonds. The van der Waals surface area contributed by atoms with Crippen molar-refractivity contribution in [2.45, 2.75) is 25.8 Å². The fraction of sp³-hybridized carbons (Fsp3) is 0.154. The van der Waals surface area contributed by atoms with Crippen LogP contribution in [0, 0.1) is 6.92 Å². The van der Waals surface area contributed by atoms with Gasteiger partial charge in [0, 0.05) is 22.9 Å². The number of hydrogen-bond donors (Lipinski definition) is 2. The van der Waals surface area contributed by atoms with Crippen LogP contribution in [0.2, 0.25) is 0 Å². The minimum absolute atomic E-state index is 0.0975. The summed E-state index contributed by atoms with van der Waals surface area (Å²) in [5.41, 5.74) is 2.75. The molecule has 5 rings (SSSR count). The molecular formula is C26H22N4O3. The standard InChI is InChI=1S/C26H22N4O3/c1-16-27-23-5-3-2-4-22(23)26(33)30(16)21-14-8-18(9-15-21)25(32)28-19-10-6-17(7-11-19)24(31)29-20-12-13-20/h2-11,14-15,20H,12-13H2,1H3,(H,28,32)(H,29,31). The molecule has 1 fully saturated rings. The van der Waals surface area contributed by atoms with Gasteiger partial charge >= 0.3 is 0 Å². The molecule has 0 atom stereocenters. The largest absolute Gasteiger partial charge is 0.349 e. The van der Waals surface area contributed by atoms with Gasteiger partial charge in [-0.1, -0.05) is 12.1 Å². The van der Waals surface area contributed by atoms with Crippen molar-refractivity contribution < 1.29 is 9.59 Å². The Balaban J connectivity index is 1.32. The summed E-state index contributed by atoms with van der Waals surface area (Å²) in [5.74, 6) is 0.193. The quantitative estimate of drug-likeness (QED) is 0.495. The first-order valence-corrected chi connectivity index (χ1v) is 10.8. The van der Waals surface area contributed by atoms with Crippen LogP contribution in [0.4, 0.5) is 5.69 Å². The molecule has 1 aliphatic carbocycles. The second-order valence-electron chi connectivity index (χ2n) is 8.14. The molecule has 33 heavy (non-hydrogen) atoms. The Hall–Kier alpha value is -4.26. The van der Waals surface area contributed by atoms with Crippen LogP contribution in [-0.2, 0) is 0 Å². The van der Waals surface area contributed by atoms with Crippen LogP contribution in [-0.4, -0.2) is 27.4 Å². The van der Waals surface area contributed by atoms with Crippen LogP contribution in [0.1, 0.15) is 39.4 Å². The summed E-state index contributed by atoms with van der Waals surface area (Å²) in [6.07, 6.45) is 2.06. The number of aromatic nitrogens is 2. The summed E-state index contributed by atoms with van der Waals surface area (Å²) < 4.78 is 1.54. The lowest BCUT2D eigenvalue weighted by atomic mass is 10.1. The molecule has 1 aromatic heterocycles. The van der Waals surface area contributed by atoms with E-state index in [9.17, 15) is 14.4 Å². The van der Waals surface area contributed by atoms with E-state index in [1.165, 1.54) is 4.57 Å². The van der Waals surface area contributed by atoms with E-state index in [0.29, 0.717) is 45.3 Å². The lowest BCUT2D eigenvalue weighted by Crippen LogP contribution is -2.25. The van der Waals surface area contributed by atoms with Crippen molar-refractivity contribution in [3.8, 4) is 5.69 Å². The molecule has 0 radical (unpaired) electrons. The topological polar surface area (TPSA) is 93.1 Å². The van der Waals surface area contributed by atoms with E-state index in [4.69, 9.17) is 0 Å². The Morgan fingerprint density at radius 3 is 2.21 bits per heavy atom. The molecule has 1 saturated carbocycles. The first-order chi connectivity index (χ1) is 16.0.